The van der Waals surface area contributed by atoms with E-state index in [2.05, 4.69) is 16.4 Å². The first-order valence-electron chi connectivity index (χ1n) is 10.8. The second kappa shape index (κ2) is 9.11. The fourth-order valence-electron chi connectivity index (χ4n) is 4.18. The Balaban J connectivity index is 1.21. The lowest BCUT2D eigenvalue weighted by Crippen LogP contribution is -2.35. The number of imidazole rings is 1. The van der Waals surface area contributed by atoms with E-state index in [1.807, 2.05) is 58.8 Å². The zero-order valence-electron chi connectivity index (χ0n) is 17.4. The van der Waals surface area contributed by atoms with Gasteiger partial charge in [0.15, 0.2) is 0 Å². The zero-order chi connectivity index (χ0) is 20.9. The lowest BCUT2D eigenvalue weighted by molar-refractivity contribution is -0.118. The maximum absolute atomic E-state index is 12.7. The van der Waals surface area contributed by atoms with E-state index < -0.39 is 0 Å². The molecule has 4 rings (SSSR count). The van der Waals surface area contributed by atoms with Gasteiger partial charge < -0.3 is 10.2 Å². The van der Waals surface area contributed by atoms with Gasteiger partial charge in [-0.3, -0.25) is 14.0 Å². The molecule has 0 saturated carbocycles. The van der Waals surface area contributed by atoms with Gasteiger partial charge in [-0.05, 0) is 56.4 Å². The minimum atomic E-state index is -0.104. The van der Waals surface area contributed by atoms with Crippen LogP contribution in [0.2, 0.25) is 0 Å². The maximum atomic E-state index is 12.7. The van der Waals surface area contributed by atoms with Crippen molar-refractivity contribution < 1.29 is 9.59 Å². The van der Waals surface area contributed by atoms with Gasteiger partial charge in [0, 0.05) is 31.4 Å². The van der Waals surface area contributed by atoms with Crippen molar-refractivity contribution in [2.45, 2.75) is 45.4 Å². The van der Waals surface area contributed by atoms with E-state index in [1.165, 1.54) is 5.56 Å². The smallest absolute Gasteiger partial charge is 0.270 e. The molecule has 30 heavy (non-hydrogen) atoms. The number of benzene rings is 1. The average molecular weight is 405 g/mol. The Labute approximate surface area is 176 Å². The topological polar surface area (TPSA) is 66.7 Å². The van der Waals surface area contributed by atoms with E-state index in [0.29, 0.717) is 18.7 Å². The molecule has 0 bridgehead atoms. The SMILES string of the molecule is Cc1nc2ccccn2c1C(=O)NCCCCCC(=O)N1CCCc2ccccc21. The number of nitrogens with one attached hydrogen (secondary N) is 1. The second-order valence-corrected chi connectivity index (χ2v) is 7.82. The third kappa shape index (κ3) is 4.22. The van der Waals surface area contributed by atoms with Crippen LogP contribution >= 0.6 is 0 Å². The summed E-state index contributed by atoms with van der Waals surface area (Å²) in [7, 11) is 0. The fraction of sp³-hybridized carbons (Fsp3) is 0.375. The van der Waals surface area contributed by atoms with Crippen molar-refractivity contribution >= 4 is 23.1 Å². The van der Waals surface area contributed by atoms with E-state index in [0.717, 1.165) is 55.7 Å². The highest BCUT2D eigenvalue weighted by Crippen LogP contribution is 2.27. The molecule has 3 aromatic rings. The van der Waals surface area contributed by atoms with Crippen molar-refractivity contribution in [2.75, 3.05) is 18.0 Å². The Kier molecular flexibility index (Phi) is 6.12. The summed E-state index contributed by atoms with van der Waals surface area (Å²) in [6, 6.07) is 13.9. The van der Waals surface area contributed by atoms with Gasteiger partial charge >= 0.3 is 0 Å². The highest BCUT2D eigenvalue weighted by Gasteiger charge is 2.21. The molecule has 3 heterocycles. The van der Waals surface area contributed by atoms with Crippen LogP contribution in [0.25, 0.3) is 5.65 Å². The molecule has 2 amide bonds. The third-order valence-electron chi connectivity index (χ3n) is 5.68. The quantitative estimate of drug-likeness (QED) is 0.607. The molecule has 6 heteroatoms. The van der Waals surface area contributed by atoms with Crippen molar-refractivity contribution in [1.29, 1.82) is 0 Å². The highest BCUT2D eigenvalue weighted by atomic mass is 16.2. The van der Waals surface area contributed by atoms with E-state index in [-0.39, 0.29) is 11.8 Å². The first-order chi connectivity index (χ1) is 14.6. The van der Waals surface area contributed by atoms with Crippen LogP contribution in [0.1, 0.15) is 53.8 Å². The lowest BCUT2D eigenvalue weighted by atomic mass is 10.0. The molecule has 0 radical (unpaired) electrons. The van der Waals surface area contributed by atoms with Gasteiger partial charge in [-0.25, -0.2) is 4.98 Å². The number of anilines is 1. The highest BCUT2D eigenvalue weighted by molar-refractivity contribution is 5.95. The summed E-state index contributed by atoms with van der Waals surface area (Å²) < 4.78 is 1.82. The monoisotopic (exact) mass is 404 g/mol. The summed E-state index contributed by atoms with van der Waals surface area (Å²) in [6.07, 6.45) is 7.08. The molecule has 0 aliphatic carbocycles. The summed E-state index contributed by atoms with van der Waals surface area (Å²) in [5.74, 6) is 0.0970. The van der Waals surface area contributed by atoms with Crippen LogP contribution < -0.4 is 10.2 Å². The van der Waals surface area contributed by atoms with E-state index in [4.69, 9.17) is 0 Å². The molecule has 0 saturated heterocycles. The average Bonchev–Trinajstić information content (AvgIpc) is 3.11. The number of para-hydroxylation sites is 1. The second-order valence-electron chi connectivity index (χ2n) is 7.82. The van der Waals surface area contributed by atoms with Crippen molar-refractivity contribution in [3.05, 3.63) is 65.6 Å². The number of aryl methyl sites for hydroxylation is 2. The number of nitrogens with zero attached hydrogens (tertiary/aromatic N) is 3. The normalized spacial score (nSPS) is 13.3. The Hall–Kier alpha value is -3.15. The third-order valence-corrected chi connectivity index (χ3v) is 5.68. The van der Waals surface area contributed by atoms with Gasteiger partial charge in [0.2, 0.25) is 5.91 Å². The van der Waals surface area contributed by atoms with E-state index in [9.17, 15) is 9.59 Å². The number of fused-ring (bicyclic) bond motifs is 2. The Morgan fingerprint density at radius 3 is 2.80 bits per heavy atom. The molecule has 0 atom stereocenters. The number of hydrogen-bond donors (Lipinski definition) is 1. The molecule has 2 aromatic heterocycles. The Morgan fingerprint density at radius 2 is 1.90 bits per heavy atom. The number of carbonyl (C=O) groups excluding carboxylic acids is 2. The first-order valence-corrected chi connectivity index (χ1v) is 10.8. The molecule has 0 fully saturated rings. The number of aromatic nitrogens is 2. The summed E-state index contributed by atoms with van der Waals surface area (Å²) in [4.78, 5) is 31.6. The van der Waals surface area contributed by atoms with Gasteiger partial charge in [0.25, 0.3) is 5.91 Å². The predicted molar refractivity (Wildman–Crippen MR) is 118 cm³/mol. The van der Waals surface area contributed by atoms with Gasteiger partial charge in [-0.15, -0.1) is 0 Å². The van der Waals surface area contributed by atoms with E-state index >= 15 is 0 Å². The van der Waals surface area contributed by atoms with Crippen LogP contribution in [0.15, 0.2) is 48.7 Å². The number of amides is 2. The Bertz CT molecular complexity index is 1060. The van der Waals surface area contributed by atoms with Crippen LogP contribution in [0.4, 0.5) is 5.69 Å². The zero-order valence-corrected chi connectivity index (χ0v) is 17.4. The van der Waals surface area contributed by atoms with Crippen LogP contribution in [-0.4, -0.2) is 34.3 Å². The number of pyridine rings is 1. The first kappa shape index (κ1) is 20.1. The molecular formula is C24H28N4O2. The summed E-state index contributed by atoms with van der Waals surface area (Å²) in [5, 5.41) is 2.99. The number of unbranched alkanes of at least 4 members (excludes halogenated alkanes) is 2. The van der Waals surface area contributed by atoms with Crippen LogP contribution in [0.3, 0.4) is 0 Å². The number of carbonyl (C=O) groups is 2. The van der Waals surface area contributed by atoms with Crippen molar-refractivity contribution in [1.82, 2.24) is 14.7 Å². The molecule has 1 aliphatic rings. The molecule has 6 nitrogen and oxygen atoms in total. The predicted octanol–water partition coefficient (Wildman–Crippen LogP) is 3.91. The molecule has 156 valence electrons. The Morgan fingerprint density at radius 1 is 1.07 bits per heavy atom. The van der Waals surface area contributed by atoms with Crippen molar-refractivity contribution in [3.63, 3.8) is 0 Å². The van der Waals surface area contributed by atoms with E-state index in [1.54, 1.807) is 0 Å². The molecule has 1 N–H and O–H groups in total. The standard InChI is InChI=1S/C24H28N4O2/c1-18-23(28-16-8-6-13-21(28)26-18)24(30)25-15-7-2-3-14-22(29)27-17-9-11-19-10-4-5-12-20(19)27/h4-6,8,10,12-13,16H,2-3,7,9,11,14-15,17H2,1H3,(H,25,30). The number of hydrogen-bond acceptors (Lipinski definition) is 3. The number of rotatable bonds is 7. The van der Waals surface area contributed by atoms with Gasteiger partial charge in [-0.2, -0.15) is 0 Å². The summed E-state index contributed by atoms with van der Waals surface area (Å²) in [6.45, 7) is 3.26. The minimum Gasteiger partial charge on any atom is -0.351 e. The van der Waals surface area contributed by atoms with Crippen molar-refractivity contribution in [2.24, 2.45) is 0 Å². The molecule has 1 aliphatic heterocycles. The van der Waals surface area contributed by atoms with Gasteiger partial charge in [0.05, 0.1) is 5.69 Å². The minimum absolute atomic E-state index is 0.104. The van der Waals surface area contributed by atoms with Crippen LogP contribution in [0, 0.1) is 6.92 Å². The molecular weight excluding hydrogens is 376 g/mol. The molecule has 0 unspecified atom stereocenters. The lowest BCUT2D eigenvalue weighted by Gasteiger charge is -2.29. The summed E-state index contributed by atoms with van der Waals surface area (Å²) in [5.41, 5.74) is 4.43. The largest absolute Gasteiger partial charge is 0.351 e. The van der Waals surface area contributed by atoms with Gasteiger partial charge in [0.1, 0.15) is 11.3 Å². The summed E-state index contributed by atoms with van der Waals surface area (Å²) >= 11 is 0. The van der Waals surface area contributed by atoms with Crippen molar-refractivity contribution in [3.8, 4) is 0 Å². The van der Waals surface area contributed by atoms with Gasteiger partial charge in [-0.1, -0.05) is 30.7 Å². The fourth-order valence-corrected chi connectivity index (χ4v) is 4.18. The van der Waals surface area contributed by atoms with Crippen LogP contribution in [-0.2, 0) is 11.2 Å². The molecule has 0 spiro atoms. The maximum Gasteiger partial charge on any atom is 0.270 e. The molecule has 1 aromatic carbocycles. The van der Waals surface area contributed by atoms with Crippen LogP contribution in [0.5, 0.6) is 0 Å².